The number of nitrogens with zero attached hydrogens (tertiary/aromatic N) is 2. The van der Waals surface area contributed by atoms with E-state index in [2.05, 4.69) is 0 Å². The lowest BCUT2D eigenvalue weighted by Crippen LogP contribution is -2.30. The van der Waals surface area contributed by atoms with Crippen molar-refractivity contribution >= 4 is 22.9 Å². The minimum absolute atomic E-state index is 0.204. The van der Waals surface area contributed by atoms with Gasteiger partial charge in [0.15, 0.2) is 0 Å². The molecule has 0 saturated carbocycles. The molecule has 6 heteroatoms. The molecule has 104 valence electrons. The lowest BCUT2D eigenvalue weighted by molar-refractivity contribution is -0.117. The minimum atomic E-state index is -0.912. The Morgan fingerprint density at radius 1 is 1.30 bits per heavy atom. The van der Waals surface area contributed by atoms with Gasteiger partial charge in [0.2, 0.25) is 5.91 Å². The third-order valence-corrected chi connectivity index (χ3v) is 3.67. The Morgan fingerprint density at radius 3 is 2.80 bits per heavy atom. The van der Waals surface area contributed by atoms with Gasteiger partial charge in [0, 0.05) is 24.7 Å². The number of aromatic nitrogens is 1. The summed E-state index contributed by atoms with van der Waals surface area (Å²) in [6, 6.07) is 5.76. The summed E-state index contributed by atoms with van der Waals surface area (Å²) in [7, 11) is 0. The highest BCUT2D eigenvalue weighted by molar-refractivity contribution is 5.91. The van der Waals surface area contributed by atoms with Crippen molar-refractivity contribution in [3.05, 3.63) is 35.5 Å². The van der Waals surface area contributed by atoms with Gasteiger partial charge in [-0.2, -0.15) is 0 Å². The van der Waals surface area contributed by atoms with Gasteiger partial charge in [-0.15, -0.1) is 0 Å². The second kappa shape index (κ2) is 4.56. The van der Waals surface area contributed by atoms with Crippen molar-refractivity contribution in [2.75, 3.05) is 6.54 Å². The van der Waals surface area contributed by atoms with Crippen molar-refractivity contribution in [3.8, 4) is 0 Å². The Labute approximate surface area is 115 Å². The number of hydrogen-bond acceptors (Lipinski definition) is 2. The molecule has 2 heterocycles. The Morgan fingerprint density at radius 2 is 2.10 bits per heavy atom. The Kier molecular flexibility index (Phi) is 2.85. The molecule has 3 rings (SSSR count). The zero-order valence-corrected chi connectivity index (χ0v) is 10.9. The van der Waals surface area contributed by atoms with Gasteiger partial charge in [0.1, 0.15) is 0 Å². The number of carbonyl (C=O) groups is 2. The average molecular weight is 273 g/mol. The van der Waals surface area contributed by atoms with Crippen LogP contribution < -0.4 is 5.73 Å². The summed E-state index contributed by atoms with van der Waals surface area (Å²) in [4.78, 5) is 23.7. The molecule has 1 aromatic carbocycles. The molecule has 0 fully saturated rings. The molecule has 0 atom stereocenters. The van der Waals surface area contributed by atoms with Gasteiger partial charge in [0.05, 0.1) is 18.5 Å². The maximum atomic E-state index is 11.2. The second-order valence-corrected chi connectivity index (χ2v) is 5.01. The molecule has 0 unspecified atom stereocenters. The molecule has 1 aliphatic rings. The molecule has 2 aromatic rings. The van der Waals surface area contributed by atoms with Crippen LogP contribution in [-0.4, -0.2) is 33.1 Å². The first-order chi connectivity index (χ1) is 9.56. The molecule has 0 spiro atoms. The molecule has 1 aliphatic heterocycles. The molecule has 3 N–H and O–H groups in total. The Balaban J connectivity index is 2.13. The highest BCUT2D eigenvalue weighted by Crippen LogP contribution is 2.28. The van der Waals surface area contributed by atoms with Gasteiger partial charge in [-0.05, 0) is 11.1 Å². The van der Waals surface area contributed by atoms with E-state index in [0.717, 1.165) is 22.0 Å². The number of rotatable bonds is 2. The predicted octanol–water partition coefficient (Wildman–Crippen LogP) is 1.16. The van der Waals surface area contributed by atoms with Crippen LogP contribution >= 0.6 is 0 Å². The first kappa shape index (κ1) is 12.5. The molecule has 0 saturated heterocycles. The van der Waals surface area contributed by atoms with Crippen LogP contribution in [0.5, 0.6) is 0 Å². The number of primary amides is 1. The normalized spacial score (nSPS) is 14.3. The summed E-state index contributed by atoms with van der Waals surface area (Å²) >= 11 is 0. The van der Waals surface area contributed by atoms with Crippen molar-refractivity contribution in [1.29, 1.82) is 0 Å². The highest BCUT2D eigenvalue weighted by atomic mass is 16.4. The number of nitrogens with two attached hydrogens (primary N) is 1. The van der Waals surface area contributed by atoms with E-state index >= 15 is 0 Å². The van der Waals surface area contributed by atoms with Crippen molar-refractivity contribution in [1.82, 2.24) is 9.47 Å². The first-order valence-corrected chi connectivity index (χ1v) is 6.42. The number of amides is 2. The van der Waals surface area contributed by atoms with Crippen LogP contribution in [0.25, 0.3) is 10.9 Å². The van der Waals surface area contributed by atoms with Crippen molar-refractivity contribution < 1.29 is 14.7 Å². The SMILES string of the molecule is NC(=O)Cc1cn2c3c(cccc13)CN(C(=O)O)CC2. The summed E-state index contributed by atoms with van der Waals surface area (Å²) < 4.78 is 2.02. The summed E-state index contributed by atoms with van der Waals surface area (Å²) in [5, 5.41) is 10.1. The first-order valence-electron chi connectivity index (χ1n) is 6.42. The summed E-state index contributed by atoms with van der Waals surface area (Å²) in [5.41, 5.74) is 8.14. The molecule has 2 amide bonds. The van der Waals surface area contributed by atoms with E-state index in [-0.39, 0.29) is 12.3 Å². The molecule has 6 nitrogen and oxygen atoms in total. The predicted molar refractivity (Wildman–Crippen MR) is 73.3 cm³/mol. The van der Waals surface area contributed by atoms with E-state index in [1.807, 2.05) is 29.0 Å². The highest BCUT2D eigenvalue weighted by Gasteiger charge is 2.21. The van der Waals surface area contributed by atoms with Crippen LogP contribution in [0.1, 0.15) is 11.1 Å². The minimum Gasteiger partial charge on any atom is -0.465 e. The van der Waals surface area contributed by atoms with Crippen LogP contribution in [0.15, 0.2) is 24.4 Å². The van der Waals surface area contributed by atoms with E-state index in [9.17, 15) is 9.59 Å². The van der Waals surface area contributed by atoms with Crippen LogP contribution in [0.2, 0.25) is 0 Å². The summed E-state index contributed by atoms with van der Waals surface area (Å²) in [6.07, 6.45) is 1.20. The monoisotopic (exact) mass is 273 g/mol. The van der Waals surface area contributed by atoms with Gasteiger partial charge in [0.25, 0.3) is 0 Å². The zero-order valence-electron chi connectivity index (χ0n) is 10.9. The average Bonchev–Trinajstić information content (AvgIpc) is 2.61. The molecule has 0 bridgehead atoms. The van der Waals surface area contributed by atoms with E-state index in [0.29, 0.717) is 19.6 Å². The lowest BCUT2D eigenvalue weighted by Gasteiger charge is -2.16. The topological polar surface area (TPSA) is 88.6 Å². The number of carboxylic acid groups (broad SMARTS) is 1. The zero-order chi connectivity index (χ0) is 14.3. The molecule has 1 aromatic heterocycles. The molecule has 0 aliphatic carbocycles. The molecule has 20 heavy (non-hydrogen) atoms. The van der Waals surface area contributed by atoms with Gasteiger partial charge < -0.3 is 20.3 Å². The molecular weight excluding hydrogens is 258 g/mol. The largest absolute Gasteiger partial charge is 0.465 e. The lowest BCUT2D eigenvalue weighted by atomic mass is 10.1. The maximum Gasteiger partial charge on any atom is 0.407 e. The van der Waals surface area contributed by atoms with Gasteiger partial charge in [-0.1, -0.05) is 18.2 Å². The fourth-order valence-electron chi connectivity index (χ4n) is 2.82. The fraction of sp³-hybridized carbons (Fsp3) is 0.286. The van der Waals surface area contributed by atoms with Crippen molar-refractivity contribution in [3.63, 3.8) is 0 Å². The van der Waals surface area contributed by atoms with E-state index in [4.69, 9.17) is 10.8 Å². The number of hydrogen-bond donors (Lipinski definition) is 2. The van der Waals surface area contributed by atoms with Crippen molar-refractivity contribution in [2.24, 2.45) is 5.73 Å². The number of benzene rings is 1. The second-order valence-electron chi connectivity index (χ2n) is 5.01. The third kappa shape index (κ3) is 1.99. The third-order valence-electron chi connectivity index (χ3n) is 3.67. The number of carbonyl (C=O) groups excluding carboxylic acids is 1. The van der Waals surface area contributed by atoms with Gasteiger partial charge in [-0.25, -0.2) is 4.79 Å². The van der Waals surface area contributed by atoms with Crippen LogP contribution in [0.4, 0.5) is 4.79 Å². The van der Waals surface area contributed by atoms with Crippen LogP contribution in [0.3, 0.4) is 0 Å². The molecular formula is C14H15N3O3. The van der Waals surface area contributed by atoms with Crippen molar-refractivity contribution in [2.45, 2.75) is 19.5 Å². The van der Waals surface area contributed by atoms with E-state index in [1.54, 1.807) is 0 Å². The summed E-state index contributed by atoms with van der Waals surface area (Å²) in [5.74, 6) is -0.362. The standard InChI is InChI=1S/C14H15N3O3/c15-12(18)6-10-8-16-4-5-17(14(19)20)7-9-2-1-3-11(10)13(9)16/h1-3,8H,4-7H2,(H2,15,18)(H,19,20). The van der Waals surface area contributed by atoms with Gasteiger partial charge >= 0.3 is 6.09 Å². The van der Waals surface area contributed by atoms with Gasteiger partial charge in [-0.3, -0.25) is 4.79 Å². The maximum absolute atomic E-state index is 11.2. The summed E-state index contributed by atoms with van der Waals surface area (Å²) in [6.45, 7) is 1.38. The van der Waals surface area contributed by atoms with E-state index in [1.165, 1.54) is 4.90 Å². The Hall–Kier alpha value is -2.50. The fourth-order valence-corrected chi connectivity index (χ4v) is 2.82. The van der Waals surface area contributed by atoms with E-state index < -0.39 is 6.09 Å². The van der Waals surface area contributed by atoms with Crippen LogP contribution in [-0.2, 0) is 24.3 Å². The number of para-hydroxylation sites is 1. The Bertz CT molecular complexity index is 705. The molecule has 0 radical (unpaired) electrons. The van der Waals surface area contributed by atoms with Crippen LogP contribution in [0, 0.1) is 0 Å². The quantitative estimate of drug-likeness (QED) is 0.860. The smallest absolute Gasteiger partial charge is 0.407 e.